The number of rotatable bonds is 6. The molecule has 0 aromatic heterocycles. The van der Waals surface area contributed by atoms with E-state index in [1.54, 1.807) is 71.9 Å². The van der Waals surface area contributed by atoms with Crippen LogP contribution < -0.4 is 5.32 Å². The van der Waals surface area contributed by atoms with Gasteiger partial charge in [0, 0.05) is 29.5 Å². The Hall–Kier alpha value is -3.79. The summed E-state index contributed by atoms with van der Waals surface area (Å²) in [6.07, 6.45) is -7.47. The van der Waals surface area contributed by atoms with Crippen LogP contribution >= 0.6 is 0 Å². The number of likely N-dealkylation sites (N-methyl/N-ethyl adjacent to an activating group) is 1. The zero-order chi connectivity index (χ0) is 38.7. The molecule has 3 aliphatic heterocycles. The highest BCUT2D eigenvalue weighted by atomic mass is 16.8. The molecule has 3 N–H and O–H groups in total. The summed E-state index contributed by atoms with van der Waals surface area (Å²) in [5, 5.41) is 28.3. The van der Waals surface area contributed by atoms with Crippen molar-refractivity contribution in [3.63, 3.8) is 0 Å². The van der Waals surface area contributed by atoms with Gasteiger partial charge in [-0.15, -0.1) is 0 Å². The van der Waals surface area contributed by atoms with E-state index in [-0.39, 0.29) is 30.7 Å². The summed E-state index contributed by atoms with van der Waals surface area (Å²) < 4.78 is 36.1. The van der Waals surface area contributed by atoms with Gasteiger partial charge in [-0.1, -0.05) is 51.0 Å². The highest BCUT2D eigenvalue weighted by Gasteiger charge is 2.59. The number of nitrogens with zero attached hydrogens (tertiary/aromatic N) is 2. The van der Waals surface area contributed by atoms with E-state index in [0.29, 0.717) is 12.1 Å². The molecule has 3 heterocycles. The van der Waals surface area contributed by atoms with Gasteiger partial charge in [0.2, 0.25) is 0 Å². The normalized spacial score (nSPS) is 39.9. The number of hydrogen-bond acceptors (Lipinski definition) is 14. The number of anilines is 1. The molecule has 13 atom stereocenters. The molecule has 52 heavy (non-hydrogen) atoms. The quantitative estimate of drug-likeness (QED) is 0.119. The number of Topliss-reactive ketones (excluding diaryl/α,β-unsaturated/α-hetero) is 1. The average Bonchev–Trinajstić information content (AvgIpc) is 3.40. The molecule has 0 radical (unpaired) electrons. The number of aliphatic hydroxyl groups is 1. The fourth-order valence-corrected chi connectivity index (χ4v) is 8.03. The Morgan fingerprint density at radius 3 is 2.29 bits per heavy atom. The van der Waals surface area contributed by atoms with Crippen LogP contribution in [-0.2, 0) is 38.0 Å². The van der Waals surface area contributed by atoms with Gasteiger partial charge in [-0.3, -0.25) is 14.9 Å². The van der Waals surface area contributed by atoms with Crippen molar-refractivity contribution in [2.75, 3.05) is 19.4 Å². The summed E-state index contributed by atoms with van der Waals surface area (Å²) in [5.41, 5.74) is -2.63. The van der Waals surface area contributed by atoms with Crippen LogP contribution in [0.1, 0.15) is 74.7 Å². The summed E-state index contributed by atoms with van der Waals surface area (Å²) >= 11 is 0. The molecule has 0 saturated carbocycles. The molecule has 1 amide bonds. The summed E-state index contributed by atoms with van der Waals surface area (Å²) in [6, 6.07) is 8.23. The third kappa shape index (κ3) is 8.53. The van der Waals surface area contributed by atoms with Gasteiger partial charge in [0.1, 0.15) is 29.8 Å². The smallest absolute Gasteiger partial charge is 0.457 e. The Morgan fingerprint density at radius 1 is 1.04 bits per heavy atom. The lowest BCUT2D eigenvalue weighted by Gasteiger charge is -2.47. The summed E-state index contributed by atoms with van der Waals surface area (Å²) in [6.45, 7) is 13.1. The predicted molar refractivity (Wildman–Crippen MR) is 188 cm³/mol. The summed E-state index contributed by atoms with van der Waals surface area (Å²) in [4.78, 5) is 56.3. The number of nitrogens with one attached hydrogen (secondary N) is 1. The Labute approximate surface area is 305 Å². The van der Waals surface area contributed by atoms with Crippen molar-refractivity contribution in [1.82, 2.24) is 4.90 Å². The number of fused-ring (bicyclic) bond motifs is 1. The Kier molecular flexibility index (Phi) is 13.0. The number of carbonyl (C=O) groups excluding carboxylic acids is 4. The zero-order valence-electron chi connectivity index (χ0n) is 31.7. The van der Waals surface area contributed by atoms with Gasteiger partial charge in [-0.2, -0.15) is 0 Å². The second kappa shape index (κ2) is 16.5. The van der Waals surface area contributed by atoms with E-state index >= 15 is 0 Å². The van der Waals surface area contributed by atoms with Crippen molar-refractivity contribution < 1.29 is 57.9 Å². The summed E-state index contributed by atoms with van der Waals surface area (Å²) in [7, 11) is 3.65. The fourth-order valence-electron chi connectivity index (χ4n) is 8.03. The topological polar surface area (TPSA) is 192 Å². The van der Waals surface area contributed by atoms with Gasteiger partial charge < -0.3 is 43.6 Å². The van der Waals surface area contributed by atoms with Crippen LogP contribution in [0, 0.1) is 23.7 Å². The van der Waals surface area contributed by atoms with E-state index in [9.17, 15) is 29.5 Å². The van der Waals surface area contributed by atoms with E-state index in [1.165, 1.54) is 6.92 Å². The number of benzene rings is 1. The van der Waals surface area contributed by atoms with E-state index in [1.807, 2.05) is 25.9 Å². The number of esters is 1. The van der Waals surface area contributed by atoms with Crippen molar-refractivity contribution >= 4 is 35.4 Å². The maximum Gasteiger partial charge on any atom is 0.509 e. The first kappa shape index (κ1) is 41.0. The van der Waals surface area contributed by atoms with Gasteiger partial charge in [-0.25, -0.2) is 9.59 Å². The number of para-hydroxylation sites is 1. The van der Waals surface area contributed by atoms with Crippen LogP contribution in [0.4, 0.5) is 15.3 Å². The highest BCUT2D eigenvalue weighted by Crippen LogP contribution is 2.42. The molecule has 0 unspecified atom stereocenters. The minimum Gasteiger partial charge on any atom is -0.457 e. The van der Waals surface area contributed by atoms with Crippen LogP contribution in [0.25, 0.3) is 0 Å². The lowest BCUT2D eigenvalue weighted by Crippen LogP contribution is -2.60. The summed E-state index contributed by atoms with van der Waals surface area (Å²) in [5.74, 6) is -5.47. The molecule has 290 valence electrons. The Bertz CT molecular complexity index is 1470. The SMILES string of the molecule is CC[C@H]1OC(=O)[C@H](C)C(=O)[C@H](C)[C@@H](O[C@@H]2O[C@H](C)C[C@H](N(C)C)[C@H]2O)[C@@](C)(OC(=O)Nc2ccccc2)C[C@@H](C)/C(=N\O)[C@H](C)[C@H]2OC(=O)O[C@@]21C. The first-order valence-corrected chi connectivity index (χ1v) is 17.9. The van der Waals surface area contributed by atoms with Crippen LogP contribution in [0.5, 0.6) is 0 Å². The molecular weight excluding hydrogens is 678 g/mol. The third-order valence-corrected chi connectivity index (χ3v) is 10.8. The Morgan fingerprint density at radius 2 is 1.69 bits per heavy atom. The van der Waals surface area contributed by atoms with Crippen LogP contribution in [0.15, 0.2) is 35.5 Å². The first-order chi connectivity index (χ1) is 24.4. The molecule has 1 aromatic rings. The second-order valence-electron chi connectivity index (χ2n) is 15.1. The van der Waals surface area contributed by atoms with E-state index in [2.05, 4.69) is 10.5 Å². The molecule has 3 fully saturated rings. The number of ketones is 1. The number of aliphatic hydroxyl groups excluding tert-OH is 1. The monoisotopic (exact) mass is 733 g/mol. The number of cyclic esters (lactones) is 1. The third-order valence-electron chi connectivity index (χ3n) is 10.8. The molecule has 0 spiro atoms. The molecule has 0 aliphatic carbocycles. The second-order valence-corrected chi connectivity index (χ2v) is 15.1. The molecular formula is C37H55N3O12. The van der Waals surface area contributed by atoms with E-state index < -0.39 is 89.6 Å². The standard InChI is InChI=1S/C37H55N3O12/c1-11-26-37(8)31(50-35(45)52-37)21(4)27(39-46)19(2)18-36(7,51-34(44)38-24-15-13-12-14-16-24)30(22(5)28(41)23(6)32(43)48-26)49-33-29(42)25(40(9)10)17-20(3)47-33/h12-16,19-23,25-26,29-31,33,42,46H,11,17-18H2,1-10H3,(H,38,44)/b39-27+/t19-,20-,21+,22+,23-,25+,26-,29-,30-,31-,33+,36+,37-/m1/s1. The minimum absolute atomic E-state index is 0.0923. The van der Waals surface area contributed by atoms with E-state index in [4.69, 9.17) is 28.4 Å². The maximum absolute atomic E-state index is 14.3. The van der Waals surface area contributed by atoms with Gasteiger partial charge in [0.25, 0.3) is 0 Å². The van der Waals surface area contributed by atoms with Crippen molar-refractivity contribution in [2.24, 2.45) is 28.8 Å². The number of amides is 1. The number of hydrogen-bond donors (Lipinski definition) is 3. The molecule has 4 rings (SSSR count). The van der Waals surface area contributed by atoms with Crippen molar-refractivity contribution in [1.29, 1.82) is 0 Å². The first-order valence-electron chi connectivity index (χ1n) is 17.9. The lowest BCUT2D eigenvalue weighted by molar-refractivity contribution is -0.292. The molecule has 15 heteroatoms. The number of oxime groups is 1. The van der Waals surface area contributed by atoms with Crippen molar-refractivity contribution in [2.45, 2.75) is 129 Å². The molecule has 1 aromatic carbocycles. The molecule has 3 saturated heterocycles. The highest BCUT2D eigenvalue weighted by molar-refractivity contribution is 6.00. The van der Waals surface area contributed by atoms with Gasteiger partial charge in [0.05, 0.1) is 11.8 Å². The van der Waals surface area contributed by atoms with E-state index in [0.717, 1.165) is 0 Å². The largest absolute Gasteiger partial charge is 0.509 e. The van der Waals surface area contributed by atoms with Crippen LogP contribution in [0.3, 0.4) is 0 Å². The lowest BCUT2D eigenvalue weighted by atomic mass is 9.74. The number of ether oxygens (including phenoxy) is 6. The van der Waals surface area contributed by atoms with Crippen LogP contribution in [-0.4, -0.2) is 113 Å². The average molecular weight is 734 g/mol. The maximum atomic E-state index is 14.3. The van der Waals surface area contributed by atoms with Crippen molar-refractivity contribution in [3.8, 4) is 0 Å². The molecule has 0 bridgehead atoms. The van der Waals surface area contributed by atoms with Crippen molar-refractivity contribution in [3.05, 3.63) is 30.3 Å². The molecule has 3 aliphatic rings. The Balaban J connectivity index is 1.87. The predicted octanol–water partition coefficient (Wildman–Crippen LogP) is 4.77. The minimum atomic E-state index is -1.72. The number of carbonyl (C=O) groups is 4. The van der Waals surface area contributed by atoms with Gasteiger partial charge in [-0.05, 0) is 73.2 Å². The zero-order valence-corrected chi connectivity index (χ0v) is 31.7. The fraction of sp³-hybridized carbons (Fsp3) is 0.703. The molecule has 15 nitrogen and oxygen atoms in total. The van der Waals surface area contributed by atoms with Gasteiger partial charge >= 0.3 is 18.2 Å². The van der Waals surface area contributed by atoms with Crippen LogP contribution in [0.2, 0.25) is 0 Å². The van der Waals surface area contributed by atoms with Gasteiger partial charge in [0.15, 0.2) is 23.8 Å².